The lowest BCUT2D eigenvalue weighted by Crippen LogP contribution is -2.35. The van der Waals surface area contributed by atoms with E-state index in [-0.39, 0.29) is 11.9 Å². The van der Waals surface area contributed by atoms with Gasteiger partial charge in [0.1, 0.15) is 0 Å². The van der Waals surface area contributed by atoms with Crippen molar-refractivity contribution in [1.29, 1.82) is 0 Å². The Morgan fingerprint density at radius 2 is 2.37 bits per heavy atom. The zero-order valence-corrected chi connectivity index (χ0v) is 13.2. The Bertz CT molecular complexity index is 571. The molecular formula is C13H13ClIN3O. The van der Waals surface area contributed by atoms with Gasteiger partial charge in [-0.2, -0.15) is 5.10 Å². The zero-order valence-electron chi connectivity index (χ0n) is 10.3. The van der Waals surface area contributed by atoms with Crippen molar-refractivity contribution in [1.82, 2.24) is 15.1 Å². The highest BCUT2D eigenvalue weighted by Crippen LogP contribution is 2.19. The number of carbonyl (C=O) groups is 1. The lowest BCUT2D eigenvalue weighted by Gasteiger charge is -2.14. The van der Waals surface area contributed by atoms with E-state index in [1.807, 2.05) is 25.3 Å². The highest BCUT2D eigenvalue weighted by molar-refractivity contribution is 14.1. The first kappa shape index (κ1) is 14.3. The summed E-state index contributed by atoms with van der Waals surface area (Å²) in [5.41, 5.74) is 0.567. The van der Waals surface area contributed by atoms with Crippen LogP contribution in [-0.2, 0) is 6.54 Å². The van der Waals surface area contributed by atoms with Gasteiger partial charge in [0.2, 0.25) is 0 Å². The Hall–Kier alpha value is -1.08. The fraction of sp³-hybridized carbons (Fsp3) is 0.231. The molecular weight excluding hydrogens is 377 g/mol. The summed E-state index contributed by atoms with van der Waals surface area (Å²) in [6, 6.07) is 7.12. The third-order valence-electron chi connectivity index (χ3n) is 2.58. The molecule has 0 spiro atoms. The molecule has 0 fully saturated rings. The predicted octanol–water partition coefficient (Wildman–Crippen LogP) is 2.96. The number of aromatic nitrogens is 2. The number of benzene rings is 1. The molecule has 100 valence electrons. The second kappa shape index (κ2) is 6.38. The van der Waals surface area contributed by atoms with Gasteiger partial charge in [0, 0.05) is 27.6 Å². The third kappa shape index (κ3) is 3.94. The quantitative estimate of drug-likeness (QED) is 0.817. The van der Waals surface area contributed by atoms with Crippen LogP contribution in [-0.4, -0.2) is 21.7 Å². The second-order valence-corrected chi connectivity index (χ2v) is 5.80. The van der Waals surface area contributed by atoms with Crippen LogP contribution < -0.4 is 5.32 Å². The molecule has 1 unspecified atom stereocenters. The number of amides is 1. The number of rotatable bonds is 4. The molecule has 2 rings (SSSR count). The minimum Gasteiger partial charge on any atom is -0.348 e. The first-order chi connectivity index (χ1) is 9.06. The summed E-state index contributed by atoms with van der Waals surface area (Å²) in [6.45, 7) is 2.57. The third-order valence-corrected chi connectivity index (χ3v) is 4.15. The largest absolute Gasteiger partial charge is 0.348 e. The van der Waals surface area contributed by atoms with Crippen LogP contribution in [0.4, 0.5) is 0 Å². The Labute approximate surface area is 130 Å². The van der Waals surface area contributed by atoms with Crippen molar-refractivity contribution in [2.45, 2.75) is 19.5 Å². The minimum atomic E-state index is -0.127. The SMILES string of the molecule is CC(Cn1cccn1)NC(=O)c1ccc(I)c(Cl)c1. The molecule has 4 nitrogen and oxygen atoms in total. The number of nitrogens with zero attached hydrogens (tertiary/aromatic N) is 2. The first-order valence-electron chi connectivity index (χ1n) is 5.79. The number of nitrogens with one attached hydrogen (secondary N) is 1. The molecule has 0 aliphatic rings. The van der Waals surface area contributed by atoms with Crippen LogP contribution in [0.15, 0.2) is 36.7 Å². The van der Waals surface area contributed by atoms with Gasteiger partial charge in [-0.15, -0.1) is 0 Å². The summed E-state index contributed by atoms with van der Waals surface area (Å²) >= 11 is 8.14. The predicted molar refractivity (Wildman–Crippen MR) is 83.3 cm³/mol. The van der Waals surface area contributed by atoms with Crippen LogP contribution in [0.3, 0.4) is 0 Å². The fourth-order valence-corrected chi connectivity index (χ4v) is 2.20. The number of carbonyl (C=O) groups excluding carboxylic acids is 1. The van der Waals surface area contributed by atoms with Crippen molar-refractivity contribution >= 4 is 40.1 Å². The van der Waals surface area contributed by atoms with Crippen molar-refractivity contribution in [3.63, 3.8) is 0 Å². The normalized spacial score (nSPS) is 12.2. The van der Waals surface area contributed by atoms with E-state index in [1.165, 1.54) is 0 Å². The summed E-state index contributed by atoms with van der Waals surface area (Å²) in [4.78, 5) is 12.0. The van der Waals surface area contributed by atoms with E-state index in [1.54, 1.807) is 23.0 Å². The van der Waals surface area contributed by atoms with Gasteiger partial charge in [-0.25, -0.2) is 0 Å². The molecule has 0 radical (unpaired) electrons. The summed E-state index contributed by atoms with van der Waals surface area (Å²) < 4.78 is 2.71. The van der Waals surface area contributed by atoms with Gasteiger partial charge in [-0.05, 0) is 53.8 Å². The van der Waals surface area contributed by atoms with Crippen molar-refractivity contribution in [2.24, 2.45) is 0 Å². The molecule has 6 heteroatoms. The maximum Gasteiger partial charge on any atom is 0.251 e. The standard InChI is InChI=1S/C13H13ClIN3O/c1-9(8-18-6-2-5-16-18)17-13(19)10-3-4-12(15)11(14)7-10/h2-7,9H,8H2,1H3,(H,17,19). The Morgan fingerprint density at radius 3 is 3.00 bits per heavy atom. The topological polar surface area (TPSA) is 46.9 Å². The highest BCUT2D eigenvalue weighted by Gasteiger charge is 2.11. The molecule has 2 aromatic rings. The molecule has 0 aliphatic heterocycles. The van der Waals surface area contributed by atoms with E-state index in [0.717, 1.165) is 3.57 Å². The van der Waals surface area contributed by atoms with Gasteiger partial charge < -0.3 is 5.32 Å². The van der Waals surface area contributed by atoms with E-state index >= 15 is 0 Å². The van der Waals surface area contributed by atoms with Gasteiger partial charge in [-0.1, -0.05) is 11.6 Å². The molecule has 1 aromatic heterocycles. The monoisotopic (exact) mass is 389 g/mol. The van der Waals surface area contributed by atoms with Gasteiger partial charge >= 0.3 is 0 Å². The molecule has 1 heterocycles. The van der Waals surface area contributed by atoms with E-state index in [0.29, 0.717) is 17.1 Å². The van der Waals surface area contributed by atoms with Crippen LogP contribution in [0.2, 0.25) is 5.02 Å². The summed E-state index contributed by atoms with van der Waals surface area (Å²) in [5.74, 6) is -0.127. The zero-order chi connectivity index (χ0) is 13.8. The van der Waals surface area contributed by atoms with Crippen LogP contribution in [0.25, 0.3) is 0 Å². The van der Waals surface area contributed by atoms with E-state index < -0.39 is 0 Å². The van der Waals surface area contributed by atoms with E-state index in [9.17, 15) is 4.79 Å². The molecule has 0 bridgehead atoms. The molecule has 1 N–H and O–H groups in total. The van der Waals surface area contributed by atoms with Gasteiger partial charge in [0.25, 0.3) is 5.91 Å². The Kier molecular flexibility index (Phi) is 4.81. The Balaban J connectivity index is 1.98. The number of halogens is 2. The summed E-state index contributed by atoms with van der Waals surface area (Å²) in [7, 11) is 0. The molecule has 19 heavy (non-hydrogen) atoms. The lowest BCUT2D eigenvalue weighted by atomic mass is 10.2. The minimum absolute atomic E-state index is 0.00884. The average Bonchev–Trinajstić information content (AvgIpc) is 2.85. The van der Waals surface area contributed by atoms with Crippen molar-refractivity contribution in [3.8, 4) is 0 Å². The summed E-state index contributed by atoms with van der Waals surface area (Å²) in [6.07, 6.45) is 3.58. The lowest BCUT2D eigenvalue weighted by molar-refractivity contribution is 0.0936. The van der Waals surface area contributed by atoms with Crippen LogP contribution >= 0.6 is 34.2 Å². The van der Waals surface area contributed by atoms with Crippen LogP contribution in [0.5, 0.6) is 0 Å². The van der Waals surface area contributed by atoms with Gasteiger partial charge in [0.05, 0.1) is 11.6 Å². The maximum absolute atomic E-state index is 12.0. The maximum atomic E-state index is 12.0. The average molecular weight is 390 g/mol. The molecule has 1 aromatic carbocycles. The number of hydrogen-bond acceptors (Lipinski definition) is 2. The smallest absolute Gasteiger partial charge is 0.251 e. The molecule has 0 saturated heterocycles. The Morgan fingerprint density at radius 1 is 1.58 bits per heavy atom. The summed E-state index contributed by atoms with van der Waals surface area (Å²) in [5, 5.41) is 7.62. The van der Waals surface area contributed by atoms with Crippen molar-refractivity contribution in [2.75, 3.05) is 0 Å². The molecule has 1 amide bonds. The van der Waals surface area contributed by atoms with Crippen molar-refractivity contribution in [3.05, 3.63) is 50.8 Å². The van der Waals surface area contributed by atoms with E-state index in [2.05, 4.69) is 33.0 Å². The van der Waals surface area contributed by atoms with Gasteiger partial charge in [-0.3, -0.25) is 9.48 Å². The van der Waals surface area contributed by atoms with Crippen LogP contribution in [0, 0.1) is 3.57 Å². The highest BCUT2D eigenvalue weighted by atomic mass is 127. The van der Waals surface area contributed by atoms with Crippen molar-refractivity contribution < 1.29 is 4.79 Å². The van der Waals surface area contributed by atoms with E-state index in [4.69, 9.17) is 11.6 Å². The molecule has 0 saturated carbocycles. The molecule has 0 aliphatic carbocycles. The number of hydrogen-bond donors (Lipinski definition) is 1. The van der Waals surface area contributed by atoms with Crippen LogP contribution in [0.1, 0.15) is 17.3 Å². The fourth-order valence-electron chi connectivity index (χ4n) is 1.68. The van der Waals surface area contributed by atoms with Gasteiger partial charge in [0.15, 0.2) is 0 Å². The first-order valence-corrected chi connectivity index (χ1v) is 7.25. The second-order valence-electron chi connectivity index (χ2n) is 4.23. The molecule has 1 atom stereocenters.